The maximum atomic E-state index is 6.28. The summed E-state index contributed by atoms with van der Waals surface area (Å²) in [6.45, 7) is 6.62. The van der Waals surface area contributed by atoms with Gasteiger partial charge in [0.25, 0.3) is 0 Å². The third-order valence-electron chi connectivity index (χ3n) is 5.52. The molecule has 0 saturated carbocycles. The highest BCUT2D eigenvalue weighted by Crippen LogP contribution is 2.36. The molecular weight excluding hydrogens is 371 g/mol. The molecule has 0 atom stereocenters. The summed E-state index contributed by atoms with van der Waals surface area (Å²) < 4.78 is 0. The molecule has 4 rings (SSSR count). The highest BCUT2D eigenvalue weighted by molar-refractivity contribution is 6.43. The summed E-state index contributed by atoms with van der Waals surface area (Å²) in [7, 11) is 0. The molecular formula is C18H20Cl2N6. The largest absolute Gasteiger partial charge is 0.355 e. The lowest BCUT2D eigenvalue weighted by molar-refractivity contribution is 0.238. The molecule has 1 aliphatic heterocycles. The zero-order valence-electron chi connectivity index (χ0n) is 14.8. The zero-order valence-corrected chi connectivity index (χ0v) is 16.3. The highest BCUT2D eigenvalue weighted by atomic mass is 35.5. The molecule has 3 aromatic rings. The van der Waals surface area contributed by atoms with Crippen molar-refractivity contribution in [1.29, 1.82) is 0 Å². The summed E-state index contributed by atoms with van der Waals surface area (Å²) in [6.07, 6.45) is 6.97. The van der Waals surface area contributed by atoms with Gasteiger partial charge in [-0.05, 0) is 24.3 Å². The number of aromatic amines is 1. The monoisotopic (exact) mass is 390 g/mol. The molecule has 4 heterocycles. The van der Waals surface area contributed by atoms with Gasteiger partial charge in [-0.3, -0.25) is 5.10 Å². The lowest BCUT2D eigenvalue weighted by Crippen LogP contribution is -2.38. The first kappa shape index (κ1) is 17.5. The average Bonchev–Trinajstić information content (AvgIpc) is 3.07. The number of fused-ring (bicyclic) bond motifs is 1. The van der Waals surface area contributed by atoms with Gasteiger partial charge in [0.1, 0.15) is 16.5 Å². The Kier molecular flexibility index (Phi) is 4.49. The van der Waals surface area contributed by atoms with Crippen molar-refractivity contribution >= 4 is 40.2 Å². The van der Waals surface area contributed by atoms with Crippen LogP contribution in [0.5, 0.6) is 0 Å². The van der Waals surface area contributed by atoms with Crippen LogP contribution in [-0.4, -0.2) is 38.2 Å². The van der Waals surface area contributed by atoms with E-state index in [2.05, 4.69) is 38.9 Å². The van der Waals surface area contributed by atoms with Crippen LogP contribution in [-0.2, 0) is 0 Å². The van der Waals surface area contributed by atoms with Crippen molar-refractivity contribution in [3.8, 4) is 11.3 Å². The molecule has 136 valence electrons. The molecule has 1 N–H and O–H groups in total. The van der Waals surface area contributed by atoms with Crippen LogP contribution in [0.4, 0.5) is 5.82 Å². The number of pyridine rings is 1. The van der Waals surface area contributed by atoms with E-state index in [4.69, 9.17) is 28.2 Å². The Hall–Kier alpha value is -1.92. The van der Waals surface area contributed by atoms with Crippen LogP contribution in [0.25, 0.3) is 22.4 Å². The number of aromatic nitrogens is 5. The number of hydrogen-bond acceptors (Lipinski definition) is 5. The first-order valence-electron chi connectivity index (χ1n) is 8.77. The van der Waals surface area contributed by atoms with E-state index in [0.29, 0.717) is 32.9 Å². The summed E-state index contributed by atoms with van der Waals surface area (Å²) in [6, 6.07) is 1.78. The smallest absolute Gasteiger partial charge is 0.202 e. The lowest BCUT2D eigenvalue weighted by Gasteiger charge is -2.39. The van der Waals surface area contributed by atoms with Gasteiger partial charge >= 0.3 is 0 Å². The molecule has 0 spiro atoms. The third-order valence-corrected chi connectivity index (χ3v) is 6.28. The Morgan fingerprint density at radius 3 is 2.73 bits per heavy atom. The highest BCUT2D eigenvalue weighted by Gasteiger charge is 2.29. The van der Waals surface area contributed by atoms with Crippen molar-refractivity contribution in [2.45, 2.75) is 33.1 Å². The Balaban J connectivity index is 1.65. The van der Waals surface area contributed by atoms with Crippen LogP contribution in [0.1, 0.15) is 33.1 Å². The van der Waals surface area contributed by atoms with Gasteiger partial charge in [-0.25, -0.2) is 15.0 Å². The van der Waals surface area contributed by atoms with Gasteiger partial charge in [0.2, 0.25) is 5.65 Å². The summed E-state index contributed by atoms with van der Waals surface area (Å²) in [5, 5.41) is 7.93. The molecule has 8 heteroatoms. The second-order valence-corrected chi connectivity index (χ2v) is 7.85. The quantitative estimate of drug-likeness (QED) is 0.653. The van der Waals surface area contributed by atoms with E-state index in [1.807, 2.05) is 6.20 Å². The fourth-order valence-corrected chi connectivity index (χ4v) is 3.73. The van der Waals surface area contributed by atoms with Crippen molar-refractivity contribution in [2.24, 2.45) is 5.41 Å². The van der Waals surface area contributed by atoms with Crippen LogP contribution >= 0.6 is 23.2 Å². The van der Waals surface area contributed by atoms with Crippen LogP contribution in [0.15, 0.2) is 18.5 Å². The van der Waals surface area contributed by atoms with Crippen LogP contribution in [0, 0.1) is 5.41 Å². The fourth-order valence-electron chi connectivity index (χ4n) is 3.37. The van der Waals surface area contributed by atoms with Crippen molar-refractivity contribution < 1.29 is 0 Å². The number of nitrogens with one attached hydrogen (secondary N) is 1. The Labute approximate surface area is 162 Å². The van der Waals surface area contributed by atoms with Gasteiger partial charge in [0.05, 0.1) is 16.9 Å². The molecule has 1 aliphatic rings. The van der Waals surface area contributed by atoms with E-state index in [1.165, 1.54) is 19.3 Å². The normalized spacial score (nSPS) is 17.0. The molecule has 26 heavy (non-hydrogen) atoms. The summed E-state index contributed by atoms with van der Waals surface area (Å²) in [5.74, 6) is 0.868. The van der Waals surface area contributed by atoms with Crippen molar-refractivity contribution in [3.63, 3.8) is 0 Å². The minimum absolute atomic E-state index is 0.254. The SMILES string of the molecule is CCC1(C)CCN(c2cnc3c(-c4ccnc(Cl)c4Cl)[nH]nc3n2)CC1. The number of H-pyrrole nitrogens is 1. The van der Waals surface area contributed by atoms with Crippen LogP contribution < -0.4 is 4.90 Å². The number of hydrogen-bond donors (Lipinski definition) is 1. The van der Waals surface area contributed by atoms with Gasteiger partial charge in [-0.15, -0.1) is 0 Å². The fraction of sp³-hybridized carbons (Fsp3) is 0.444. The third kappa shape index (κ3) is 3.01. The maximum absolute atomic E-state index is 6.28. The van der Waals surface area contributed by atoms with Crippen LogP contribution in [0.2, 0.25) is 10.2 Å². The maximum Gasteiger partial charge on any atom is 0.202 e. The van der Waals surface area contributed by atoms with E-state index in [-0.39, 0.29) is 5.15 Å². The minimum atomic E-state index is 0.254. The predicted octanol–water partition coefficient (Wildman–Crippen LogP) is 4.74. The van der Waals surface area contributed by atoms with Crippen molar-refractivity contribution in [2.75, 3.05) is 18.0 Å². The standard InChI is InChI=1S/C18H20Cl2N6/c1-3-18(2)5-8-26(9-6-18)12-10-22-15-14(24-25-17(15)23-12)11-4-7-21-16(20)13(11)19/h4,7,10H,3,5-6,8-9H2,1-2H3,(H,23,24,25). The molecule has 0 bridgehead atoms. The first-order valence-corrected chi connectivity index (χ1v) is 9.53. The summed E-state index contributed by atoms with van der Waals surface area (Å²) in [5.41, 5.74) is 3.10. The molecule has 6 nitrogen and oxygen atoms in total. The zero-order chi connectivity index (χ0) is 18.3. The number of piperidine rings is 1. The van der Waals surface area contributed by atoms with Crippen LogP contribution in [0.3, 0.4) is 0 Å². The molecule has 0 unspecified atom stereocenters. The van der Waals surface area contributed by atoms with E-state index in [1.54, 1.807) is 12.3 Å². The molecule has 3 aromatic heterocycles. The molecule has 0 amide bonds. The topological polar surface area (TPSA) is 70.6 Å². The summed E-state index contributed by atoms with van der Waals surface area (Å²) >= 11 is 12.3. The number of nitrogens with zero attached hydrogens (tertiary/aromatic N) is 5. The van der Waals surface area contributed by atoms with Gasteiger partial charge < -0.3 is 4.90 Å². The van der Waals surface area contributed by atoms with Gasteiger partial charge in [0, 0.05) is 24.8 Å². The number of anilines is 1. The minimum Gasteiger partial charge on any atom is -0.355 e. The van der Waals surface area contributed by atoms with E-state index >= 15 is 0 Å². The lowest BCUT2D eigenvalue weighted by atomic mass is 9.78. The molecule has 0 aliphatic carbocycles. The molecule has 1 fully saturated rings. The Morgan fingerprint density at radius 2 is 2.00 bits per heavy atom. The number of halogens is 2. The molecule has 0 aromatic carbocycles. The molecule has 1 saturated heterocycles. The van der Waals surface area contributed by atoms with Crippen molar-refractivity contribution in [1.82, 2.24) is 25.1 Å². The predicted molar refractivity (Wildman–Crippen MR) is 105 cm³/mol. The van der Waals surface area contributed by atoms with Gasteiger partial charge in [0.15, 0.2) is 0 Å². The Bertz CT molecular complexity index is 946. The van der Waals surface area contributed by atoms with E-state index in [0.717, 1.165) is 18.9 Å². The van der Waals surface area contributed by atoms with E-state index < -0.39 is 0 Å². The second kappa shape index (κ2) is 6.67. The second-order valence-electron chi connectivity index (χ2n) is 7.11. The van der Waals surface area contributed by atoms with Gasteiger partial charge in [-0.1, -0.05) is 43.5 Å². The van der Waals surface area contributed by atoms with Gasteiger partial charge in [-0.2, -0.15) is 5.10 Å². The Morgan fingerprint density at radius 1 is 1.23 bits per heavy atom. The molecule has 0 radical (unpaired) electrons. The average molecular weight is 391 g/mol. The summed E-state index contributed by atoms with van der Waals surface area (Å²) in [4.78, 5) is 15.6. The number of rotatable bonds is 3. The van der Waals surface area contributed by atoms with E-state index in [9.17, 15) is 0 Å². The first-order chi connectivity index (χ1) is 12.5. The van der Waals surface area contributed by atoms with Crippen molar-refractivity contribution in [3.05, 3.63) is 28.6 Å².